The first-order valence-electron chi connectivity index (χ1n) is 13.6. The van der Waals surface area contributed by atoms with Gasteiger partial charge in [0.1, 0.15) is 18.1 Å². The molecule has 12 heteroatoms. The van der Waals surface area contributed by atoms with E-state index >= 15 is 0 Å². The molecule has 40 heavy (non-hydrogen) atoms. The van der Waals surface area contributed by atoms with Gasteiger partial charge in [0.25, 0.3) is 5.91 Å². The number of cyclic esters (lactones) is 1. The first kappa shape index (κ1) is 29.8. The molecule has 2 saturated heterocycles. The van der Waals surface area contributed by atoms with Gasteiger partial charge in [-0.1, -0.05) is 32.4 Å². The maximum atomic E-state index is 14.1. The molecule has 4 rings (SSSR count). The molecular weight excluding hydrogens is 540 g/mol. The molecular formula is C28H37ClN4O7. The zero-order valence-corrected chi connectivity index (χ0v) is 24.2. The van der Waals surface area contributed by atoms with E-state index in [9.17, 15) is 24.0 Å². The minimum Gasteiger partial charge on any atom is -0.433 e. The lowest BCUT2D eigenvalue weighted by molar-refractivity contribution is -0.165. The van der Waals surface area contributed by atoms with Crippen molar-refractivity contribution in [3.8, 4) is 0 Å². The van der Waals surface area contributed by atoms with Crippen molar-refractivity contribution in [2.75, 3.05) is 11.9 Å². The van der Waals surface area contributed by atoms with Gasteiger partial charge in [0.2, 0.25) is 24.0 Å². The zero-order chi connectivity index (χ0) is 29.4. The number of anilines is 1. The topological polar surface area (TPSA) is 143 Å². The standard InChI is InChI=1S/C28H37ClN4O7/c1-6-39-27-20(13-21(35)40-27)31-25(37)22-15-7-9-17(11-15)33(22)26(38)23(28(3,4)5)32-24(36)18-10-8-16(12-19(18)29)30-14(2)34/h8,10,12,15,17,20,22-23,27H,6-7,9,11,13H2,1-5H3,(H,30,34)(H,31,37)(H,32,36)/t15-,17+,20?,22-,23+,27+/m0/s1. The van der Waals surface area contributed by atoms with E-state index in [-0.39, 0.29) is 46.7 Å². The summed E-state index contributed by atoms with van der Waals surface area (Å²) in [6.07, 6.45) is 1.40. The van der Waals surface area contributed by atoms with Crippen LogP contribution in [0, 0.1) is 11.3 Å². The van der Waals surface area contributed by atoms with E-state index < -0.39 is 41.7 Å². The van der Waals surface area contributed by atoms with Crippen LogP contribution in [0.15, 0.2) is 18.2 Å². The first-order chi connectivity index (χ1) is 18.8. The third kappa shape index (κ3) is 6.25. The molecule has 1 aromatic carbocycles. The number of halogens is 1. The molecule has 3 fully saturated rings. The van der Waals surface area contributed by atoms with Gasteiger partial charge in [-0.05, 0) is 55.7 Å². The van der Waals surface area contributed by atoms with Gasteiger partial charge in [0.05, 0.1) is 17.0 Å². The van der Waals surface area contributed by atoms with Crippen molar-refractivity contribution in [1.82, 2.24) is 15.5 Å². The van der Waals surface area contributed by atoms with E-state index in [4.69, 9.17) is 21.1 Å². The monoisotopic (exact) mass is 576 g/mol. The Morgan fingerprint density at radius 3 is 2.55 bits per heavy atom. The van der Waals surface area contributed by atoms with Crippen molar-refractivity contribution >= 4 is 46.9 Å². The number of likely N-dealkylation sites (tertiary alicyclic amines) is 1. The Morgan fingerprint density at radius 1 is 1.20 bits per heavy atom. The van der Waals surface area contributed by atoms with Gasteiger partial charge in [-0.3, -0.25) is 24.0 Å². The van der Waals surface area contributed by atoms with Gasteiger partial charge in [-0.25, -0.2) is 0 Å². The van der Waals surface area contributed by atoms with Crippen molar-refractivity contribution < 1.29 is 33.4 Å². The fourth-order valence-corrected chi connectivity index (χ4v) is 6.13. The van der Waals surface area contributed by atoms with E-state index in [2.05, 4.69) is 16.0 Å². The number of carbonyl (C=O) groups excluding carboxylic acids is 5. The molecule has 0 radical (unpaired) electrons. The molecule has 1 aliphatic carbocycles. The van der Waals surface area contributed by atoms with Gasteiger partial charge in [0, 0.05) is 25.3 Å². The zero-order valence-electron chi connectivity index (χ0n) is 23.4. The summed E-state index contributed by atoms with van der Waals surface area (Å²) in [6, 6.07) is 2.07. The second-order valence-corrected chi connectivity index (χ2v) is 12.1. The number of benzene rings is 1. The number of carbonyl (C=O) groups is 5. The van der Waals surface area contributed by atoms with Crippen LogP contribution in [-0.4, -0.2) is 71.6 Å². The number of nitrogens with one attached hydrogen (secondary N) is 3. The van der Waals surface area contributed by atoms with Gasteiger partial charge in [-0.15, -0.1) is 0 Å². The first-order valence-corrected chi connectivity index (χ1v) is 14.0. The Balaban J connectivity index is 1.54. The lowest BCUT2D eigenvalue weighted by atomic mass is 9.84. The van der Waals surface area contributed by atoms with Crippen LogP contribution < -0.4 is 16.0 Å². The number of ether oxygens (including phenoxy) is 2. The van der Waals surface area contributed by atoms with E-state index in [0.29, 0.717) is 18.7 Å². The van der Waals surface area contributed by atoms with Gasteiger partial charge in [0.15, 0.2) is 0 Å². The summed E-state index contributed by atoms with van der Waals surface area (Å²) in [5.41, 5.74) is -0.0902. The third-order valence-electron chi connectivity index (χ3n) is 7.65. The minimum atomic E-state index is -0.951. The third-order valence-corrected chi connectivity index (χ3v) is 7.96. The Kier molecular flexibility index (Phi) is 8.75. The molecule has 6 atom stereocenters. The number of rotatable bonds is 8. The van der Waals surface area contributed by atoms with Crippen molar-refractivity contribution in [2.24, 2.45) is 11.3 Å². The summed E-state index contributed by atoms with van der Waals surface area (Å²) in [5, 5.41) is 8.48. The fraction of sp³-hybridized carbons (Fsp3) is 0.607. The van der Waals surface area contributed by atoms with E-state index in [1.165, 1.54) is 19.1 Å². The highest BCUT2D eigenvalue weighted by Crippen LogP contribution is 2.44. The summed E-state index contributed by atoms with van der Waals surface area (Å²) < 4.78 is 10.7. The predicted molar refractivity (Wildman–Crippen MR) is 146 cm³/mol. The SMILES string of the molecule is CCO[C@@H]1OC(=O)CC1NC(=O)[C@@H]1[C@H]2CC[C@H](C2)N1C(=O)[C@@H](NC(=O)c1ccc(NC(C)=O)cc1Cl)C(C)(C)C. The maximum absolute atomic E-state index is 14.1. The van der Waals surface area contributed by atoms with E-state index in [1.807, 2.05) is 20.8 Å². The second-order valence-electron chi connectivity index (χ2n) is 11.7. The van der Waals surface area contributed by atoms with Crippen LogP contribution in [0.5, 0.6) is 0 Å². The molecule has 11 nitrogen and oxygen atoms in total. The van der Waals surface area contributed by atoms with Crippen LogP contribution in [0.25, 0.3) is 0 Å². The highest BCUT2D eigenvalue weighted by Gasteiger charge is 2.54. The van der Waals surface area contributed by atoms with Crippen molar-refractivity contribution in [1.29, 1.82) is 0 Å². The summed E-state index contributed by atoms with van der Waals surface area (Å²) in [5.74, 6) is -2.00. The molecule has 2 bridgehead atoms. The van der Waals surface area contributed by atoms with Gasteiger partial charge in [-0.2, -0.15) is 0 Å². The number of fused-ring (bicyclic) bond motifs is 2. The van der Waals surface area contributed by atoms with Crippen molar-refractivity contribution in [2.45, 2.75) is 90.8 Å². The molecule has 1 unspecified atom stereocenters. The number of nitrogens with zero attached hydrogens (tertiary/aromatic N) is 1. The quantitative estimate of drug-likeness (QED) is 0.404. The van der Waals surface area contributed by atoms with Crippen LogP contribution in [-0.2, 0) is 28.7 Å². The van der Waals surface area contributed by atoms with Gasteiger partial charge >= 0.3 is 5.97 Å². The minimum absolute atomic E-state index is 0.00662. The van der Waals surface area contributed by atoms with Crippen molar-refractivity contribution in [3.63, 3.8) is 0 Å². The predicted octanol–water partition coefficient (Wildman–Crippen LogP) is 2.62. The largest absolute Gasteiger partial charge is 0.433 e. The highest BCUT2D eigenvalue weighted by molar-refractivity contribution is 6.34. The van der Waals surface area contributed by atoms with Crippen LogP contribution >= 0.6 is 11.6 Å². The van der Waals surface area contributed by atoms with Crippen LogP contribution in [0.4, 0.5) is 5.69 Å². The molecule has 1 aromatic rings. The lowest BCUT2D eigenvalue weighted by Crippen LogP contribution is -2.62. The maximum Gasteiger partial charge on any atom is 0.310 e. The Morgan fingerprint density at radius 2 is 1.93 bits per heavy atom. The normalized spacial score (nSPS) is 26.3. The van der Waals surface area contributed by atoms with Crippen molar-refractivity contribution in [3.05, 3.63) is 28.8 Å². The smallest absolute Gasteiger partial charge is 0.310 e. The number of hydrogen-bond acceptors (Lipinski definition) is 7. The molecule has 1 saturated carbocycles. The molecule has 2 heterocycles. The van der Waals surface area contributed by atoms with Crippen LogP contribution in [0.3, 0.4) is 0 Å². The summed E-state index contributed by atoms with van der Waals surface area (Å²) in [4.78, 5) is 65.9. The molecule has 0 spiro atoms. The summed E-state index contributed by atoms with van der Waals surface area (Å²) >= 11 is 6.35. The summed E-state index contributed by atoms with van der Waals surface area (Å²) in [6.45, 7) is 8.98. The van der Waals surface area contributed by atoms with Crippen LogP contribution in [0.1, 0.15) is 70.7 Å². The highest BCUT2D eigenvalue weighted by atomic mass is 35.5. The Labute approximate surface area is 238 Å². The number of piperidine rings is 1. The summed E-state index contributed by atoms with van der Waals surface area (Å²) in [7, 11) is 0. The van der Waals surface area contributed by atoms with E-state index in [1.54, 1.807) is 17.9 Å². The fourth-order valence-electron chi connectivity index (χ4n) is 5.87. The number of esters is 1. The molecule has 4 amide bonds. The number of hydrogen-bond donors (Lipinski definition) is 3. The van der Waals surface area contributed by atoms with Crippen LogP contribution in [0.2, 0.25) is 5.02 Å². The lowest BCUT2D eigenvalue weighted by Gasteiger charge is -2.40. The Bertz CT molecular complexity index is 1200. The number of amides is 4. The second kappa shape index (κ2) is 11.7. The molecule has 2 aliphatic heterocycles. The molecule has 218 valence electrons. The Hall–Kier alpha value is -3.18. The molecule has 0 aromatic heterocycles. The average Bonchev–Trinajstić information content (AvgIpc) is 3.56. The van der Waals surface area contributed by atoms with E-state index in [0.717, 1.165) is 12.8 Å². The average molecular weight is 577 g/mol. The molecule has 3 aliphatic rings. The molecule has 3 N–H and O–H groups in total. The van der Waals surface area contributed by atoms with Gasteiger partial charge < -0.3 is 30.3 Å².